The van der Waals surface area contributed by atoms with Gasteiger partial charge in [0.05, 0.1) is 31.6 Å². The summed E-state index contributed by atoms with van der Waals surface area (Å²) in [5, 5.41) is 52.4. The van der Waals surface area contributed by atoms with Crippen LogP contribution in [0.1, 0.15) is 102 Å². The van der Waals surface area contributed by atoms with E-state index in [0.717, 1.165) is 114 Å². The van der Waals surface area contributed by atoms with Gasteiger partial charge in [-0.05, 0) is 163 Å². The quantitative estimate of drug-likeness (QED) is 0.0588. The Morgan fingerprint density at radius 2 is 1.70 bits per heavy atom. The molecule has 0 radical (unpaired) electrons. The van der Waals surface area contributed by atoms with Gasteiger partial charge in [0.1, 0.15) is 23.9 Å². The number of fused-ring (bicyclic) bond motifs is 7. The summed E-state index contributed by atoms with van der Waals surface area (Å²) >= 11 is 0. The van der Waals surface area contributed by atoms with Crippen molar-refractivity contribution in [3.05, 3.63) is 171 Å². The third kappa shape index (κ3) is 10.8. The van der Waals surface area contributed by atoms with Gasteiger partial charge in [0.2, 0.25) is 0 Å². The first-order valence-corrected chi connectivity index (χ1v) is 25.9. The summed E-state index contributed by atoms with van der Waals surface area (Å²) in [7, 11) is 1.93. The van der Waals surface area contributed by atoms with Crippen molar-refractivity contribution in [2.45, 2.75) is 114 Å². The average molecular weight is 959 g/mol. The minimum Gasteiger partial charge on any atom is -0.508 e. The number of aromatic nitrogens is 1. The van der Waals surface area contributed by atoms with Gasteiger partial charge in [-0.15, -0.1) is 0 Å². The summed E-state index contributed by atoms with van der Waals surface area (Å²) in [5.41, 5.74) is 17.8. The molecule has 5 aromatic carbocycles. The number of hydrogen-bond acceptors (Lipinski definition) is 10. The highest BCUT2D eigenvalue weighted by Gasteiger charge is 2.47. The van der Waals surface area contributed by atoms with Crippen LogP contribution in [0.4, 0.5) is 0 Å². The molecule has 4 bridgehead atoms. The van der Waals surface area contributed by atoms with Gasteiger partial charge in [0.15, 0.2) is 11.5 Å². The highest BCUT2D eigenvalue weighted by atomic mass is 16.5. The fraction of sp³-hybridized carbons (Fsp3) is 0.400. The largest absolute Gasteiger partial charge is 0.508 e. The number of aromatic hydroxyl groups is 3. The molecule has 0 saturated carbocycles. The number of aryl methyl sites for hydroxylation is 3. The first-order chi connectivity index (χ1) is 34.6. The second kappa shape index (κ2) is 21.7. The number of aliphatic hydroxyl groups is 1. The standard InChI is InChI=1S/C60H70N4O7/c1-62-33-44-29-47-37-70-52(13-5-3-2-4-9-39-16-21-55(67)43(25-39)26-41-10-8-12-50(65)27-41)32-51(66)20-15-40-17-22-56(68)57(28-40)71-36-46-31-49(30-45-34-64(35-53(45)46)59(47)63-58(44)61)60-23-24-69-38-48(60)19-18-42-11-6-7-14-54(42)60/h6-8,10-12,14,16-17,21-22,25,27-31,34-35,48,51-52,58,62-63,65-68H,2-5,9,13,15,18-20,23-24,26,32-33,36-38,61H2,1H3/t48-,51+,52-,58?,60-/m0/s1. The number of ether oxygens (including phenoxy) is 3. The molecular formula is C60H70N4O7. The fourth-order valence-electron chi connectivity index (χ4n) is 11.9. The molecule has 0 amide bonds. The highest BCUT2D eigenvalue weighted by molar-refractivity contribution is 5.88. The van der Waals surface area contributed by atoms with E-state index >= 15 is 0 Å². The van der Waals surface area contributed by atoms with E-state index in [1.165, 1.54) is 22.3 Å². The average Bonchev–Trinajstić information content (AvgIpc) is 3.82. The maximum Gasteiger partial charge on any atom is 0.161 e. The first kappa shape index (κ1) is 48.5. The van der Waals surface area contributed by atoms with Gasteiger partial charge in [0, 0.05) is 53.7 Å². The zero-order valence-corrected chi connectivity index (χ0v) is 41.0. The molecule has 372 valence electrons. The zero-order chi connectivity index (χ0) is 48.9. The van der Waals surface area contributed by atoms with Crippen molar-refractivity contribution < 1.29 is 34.6 Å². The Morgan fingerprint density at radius 3 is 2.59 bits per heavy atom. The number of nitrogens with zero attached hydrogens (tertiary/aromatic N) is 1. The van der Waals surface area contributed by atoms with Crippen molar-refractivity contribution >= 4 is 16.6 Å². The Bertz CT molecular complexity index is 2910. The minimum atomic E-state index is -0.594. The van der Waals surface area contributed by atoms with Crippen LogP contribution in [0, 0.1) is 5.92 Å². The number of nitrogens with two attached hydrogens (primary N) is 1. The maximum absolute atomic E-state index is 11.6. The van der Waals surface area contributed by atoms with E-state index in [1.807, 2.05) is 37.4 Å². The van der Waals surface area contributed by atoms with Crippen molar-refractivity contribution in [3.63, 3.8) is 0 Å². The van der Waals surface area contributed by atoms with Crippen LogP contribution in [0.5, 0.6) is 23.0 Å². The molecule has 71 heavy (non-hydrogen) atoms. The van der Waals surface area contributed by atoms with Gasteiger partial charge >= 0.3 is 0 Å². The number of unbranched alkanes of at least 4 members (excludes halogenated alkanes) is 3. The second-order valence-corrected chi connectivity index (χ2v) is 20.5. The lowest BCUT2D eigenvalue weighted by atomic mass is 9.57. The number of benzene rings is 5. The van der Waals surface area contributed by atoms with Crippen molar-refractivity contribution in [1.29, 1.82) is 0 Å². The van der Waals surface area contributed by atoms with Crippen molar-refractivity contribution in [3.8, 4) is 23.0 Å². The number of hydrogen-bond donors (Lipinski definition) is 7. The van der Waals surface area contributed by atoms with Gasteiger partial charge in [0.25, 0.3) is 0 Å². The number of phenolic OH excluding ortho intramolecular Hbond substituents is 3. The van der Waals surface area contributed by atoms with E-state index in [4.69, 9.17) is 19.9 Å². The van der Waals surface area contributed by atoms with Crippen LogP contribution >= 0.6 is 0 Å². The molecule has 4 aliphatic rings. The van der Waals surface area contributed by atoms with Crippen molar-refractivity contribution in [2.24, 2.45) is 11.7 Å². The Hall–Kier alpha value is -6.08. The van der Waals surface area contributed by atoms with Crippen LogP contribution in [-0.2, 0) is 47.2 Å². The number of phenols is 3. The Labute approximate surface area is 418 Å². The lowest BCUT2D eigenvalue weighted by Gasteiger charge is -2.49. The molecule has 0 spiro atoms. The second-order valence-electron chi connectivity index (χ2n) is 20.5. The Morgan fingerprint density at radius 1 is 0.831 bits per heavy atom. The van der Waals surface area contributed by atoms with Crippen molar-refractivity contribution in [2.75, 3.05) is 33.4 Å². The van der Waals surface area contributed by atoms with E-state index in [0.29, 0.717) is 57.1 Å². The third-order valence-corrected chi connectivity index (χ3v) is 15.6. The summed E-state index contributed by atoms with van der Waals surface area (Å²) in [6.45, 7) is 2.63. The van der Waals surface area contributed by atoms with E-state index in [1.54, 1.807) is 24.3 Å². The number of dihydropyridines is 1. The van der Waals surface area contributed by atoms with Gasteiger partial charge in [-0.1, -0.05) is 79.9 Å². The molecule has 11 nitrogen and oxygen atoms in total. The number of aliphatic hydroxyl groups excluding tert-OH is 1. The predicted molar refractivity (Wildman–Crippen MR) is 280 cm³/mol. The SMILES string of the molecule is CNCC1=CC2=C(NC1N)n1cc3cc([C@]45CCOC[C@@H]4CCc4ccccc45)cc(c3c1)COc1cc(ccc1O)CC[C@@H](O)C[C@H](CCCCCCc1ccc(O)c(Cc3cccc(O)c3)c1)OC2. The fourth-order valence-corrected chi connectivity index (χ4v) is 11.9. The molecule has 11 heteroatoms. The predicted octanol–water partition coefficient (Wildman–Crippen LogP) is 9.67. The summed E-state index contributed by atoms with van der Waals surface area (Å²) < 4.78 is 21.9. The number of rotatable bonds is 12. The third-order valence-electron chi connectivity index (χ3n) is 15.6. The van der Waals surface area contributed by atoms with Gasteiger partial charge in [-0.25, -0.2) is 0 Å². The van der Waals surface area contributed by atoms with E-state index in [-0.39, 0.29) is 35.4 Å². The lowest BCUT2D eigenvalue weighted by molar-refractivity contribution is 0.00498. The van der Waals surface area contributed by atoms with Crippen LogP contribution in [0.25, 0.3) is 16.6 Å². The molecule has 6 aromatic rings. The Kier molecular flexibility index (Phi) is 14.9. The number of nitrogens with one attached hydrogen (secondary N) is 2. The van der Waals surface area contributed by atoms with Crippen LogP contribution < -0.4 is 21.1 Å². The summed E-state index contributed by atoms with van der Waals surface area (Å²) in [6.07, 6.45) is 16.3. The summed E-state index contributed by atoms with van der Waals surface area (Å²) in [4.78, 5) is 0. The van der Waals surface area contributed by atoms with Crippen molar-refractivity contribution in [1.82, 2.24) is 15.2 Å². The Balaban J connectivity index is 0.935. The smallest absolute Gasteiger partial charge is 0.161 e. The van der Waals surface area contributed by atoms with Crippen LogP contribution in [0.3, 0.4) is 0 Å². The first-order valence-electron chi connectivity index (χ1n) is 25.9. The highest BCUT2D eigenvalue weighted by Crippen LogP contribution is 2.52. The molecule has 1 aliphatic carbocycles. The maximum atomic E-state index is 11.6. The minimum absolute atomic E-state index is 0.0866. The van der Waals surface area contributed by atoms with E-state index in [9.17, 15) is 20.4 Å². The number of likely N-dealkylation sites (N-methyl/N-ethyl adjacent to an activating group) is 1. The molecule has 1 aromatic heterocycles. The molecular weight excluding hydrogens is 889 g/mol. The van der Waals surface area contributed by atoms with E-state index < -0.39 is 12.3 Å². The molecule has 1 fully saturated rings. The molecule has 10 rings (SSSR count). The van der Waals surface area contributed by atoms with Crippen LogP contribution in [0.2, 0.25) is 0 Å². The zero-order valence-electron chi connectivity index (χ0n) is 41.0. The molecule has 8 N–H and O–H groups in total. The molecule has 5 atom stereocenters. The van der Waals surface area contributed by atoms with Crippen LogP contribution in [0.15, 0.2) is 127 Å². The molecule has 4 heterocycles. The van der Waals surface area contributed by atoms with E-state index in [2.05, 4.69) is 76.1 Å². The molecule has 1 saturated heterocycles. The van der Waals surface area contributed by atoms with Gasteiger partial charge < -0.3 is 55.6 Å². The normalized spacial score (nSPS) is 22.6. The molecule has 1 unspecified atom stereocenters. The molecule has 3 aliphatic heterocycles. The topological polar surface area (TPSA) is 164 Å². The summed E-state index contributed by atoms with van der Waals surface area (Å²) in [5.74, 6) is 2.19. The van der Waals surface area contributed by atoms with Crippen LogP contribution in [-0.4, -0.2) is 76.8 Å². The monoisotopic (exact) mass is 959 g/mol. The van der Waals surface area contributed by atoms with Gasteiger partial charge in [-0.3, -0.25) is 0 Å². The lowest BCUT2D eigenvalue weighted by Crippen LogP contribution is -2.47. The van der Waals surface area contributed by atoms with Gasteiger partial charge in [-0.2, -0.15) is 0 Å². The summed E-state index contributed by atoms with van der Waals surface area (Å²) in [6, 6.07) is 32.3.